The highest BCUT2D eigenvalue weighted by Gasteiger charge is 2.49. The number of imidazole rings is 1. The van der Waals surface area contributed by atoms with Crippen LogP contribution in [0.25, 0.3) is 0 Å². The maximum absolute atomic E-state index is 12.0. The number of methoxy groups -OCH3 is 1. The van der Waals surface area contributed by atoms with Gasteiger partial charge in [-0.1, -0.05) is 19.4 Å². The van der Waals surface area contributed by atoms with E-state index in [0.29, 0.717) is 18.4 Å². The molecule has 0 bridgehead atoms. The zero-order valence-corrected chi connectivity index (χ0v) is 18.4. The number of carbonyl (C=O) groups is 1. The molecule has 1 aliphatic heterocycles. The molecule has 162 valence electrons. The van der Waals surface area contributed by atoms with Gasteiger partial charge in [0.1, 0.15) is 5.75 Å². The third-order valence-corrected chi connectivity index (χ3v) is 6.87. The van der Waals surface area contributed by atoms with Crippen LogP contribution >= 0.6 is 0 Å². The number of carbonyl (C=O) groups excluding carboxylic acids is 1. The zero-order valence-electron chi connectivity index (χ0n) is 18.4. The van der Waals surface area contributed by atoms with Crippen molar-refractivity contribution in [3.63, 3.8) is 0 Å². The quantitative estimate of drug-likeness (QED) is 0.804. The molecule has 0 radical (unpaired) electrons. The number of nitrogens with one attached hydrogen (secondary N) is 1. The lowest BCUT2D eigenvalue weighted by molar-refractivity contribution is -0.153. The molecule has 0 unspecified atom stereocenters. The number of hydrogen-bond donors (Lipinski definition) is 1. The van der Waals surface area contributed by atoms with E-state index in [2.05, 4.69) is 36.3 Å². The van der Waals surface area contributed by atoms with Gasteiger partial charge in [-0.2, -0.15) is 0 Å². The van der Waals surface area contributed by atoms with Crippen molar-refractivity contribution in [3.8, 4) is 5.75 Å². The molecule has 6 nitrogen and oxygen atoms in total. The summed E-state index contributed by atoms with van der Waals surface area (Å²) in [5.41, 5.74) is 1.97. The maximum Gasteiger partial charge on any atom is 0.217 e. The number of rotatable bonds is 5. The van der Waals surface area contributed by atoms with Crippen molar-refractivity contribution >= 4 is 5.91 Å². The molecule has 1 saturated heterocycles. The maximum atomic E-state index is 12.0. The number of amides is 1. The van der Waals surface area contributed by atoms with Crippen LogP contribution in [0, 0.1) is 11.8 Å². The van der Waals surface area contributed by atoms with Gasteiger partial charge < -0.3 is 19.4 Å². The van der Waals surface area contributed by atoms with Crippen LogP contribution in [0.2, 0.25) is 0 Å². The Bertz CT molecular complexity index is 882. The second-order valence-corrected chi connectivity index (χ2v) is 9.30. The molecule has 2 aromatic rings. The van der Waals surface area contributed by atoms with Gasteiger partial charge in [0, 0.05) is 42.8 Å². The first-order valence-electron chi connectivity index (χ1n) is 10.9. The summed E-state index contributed by atoms with van der Waals surface area (Å²) in [5.74, 6) is 1.90. The van der Waals surface area contributed by atoms with Crippen molar-refractivity contribution in [2.75, 3.05) is 7.11 Å². The number of fused-ring (bicyclic) bond motifs is 1. The average Bonchev–Trinajstić information content (AvgIpc) is 3.19. The van der Waals surface area contributed by atoms with Gasteiger partial charge in [-0.25, -0.2) is 4.98 Å². The molecule has 5 atom stereocenters. The molecule has 1 aromatic heterocycles. The lowest BCUT2D eigenvalue weighted by atomic mass is 9.66. The molecule has 30 heavy (non-hydrogen) atoms. The molecule has 4 rings (SSSR count). The summed E-state index contributed by atoms with van der Waals surface area (Å²) in [6, 6.07) is 6.31. The number of aromatic nitrogens is 2. The van der Waals surface area contributed by atoms with Crippen LogP contribution in [0.1, 0.15) is 63.7 Å². The minimum atomic E-state index is -0.260. The Morgan fingerprint density at radius 2 is 2.23 bits per heavy atom. The van der Waals surface area contributed by atoms with Crippen LogP contribution in [0.15, 0.2) is 36.9 Å². The predicted octanol–water partition coefficient (Wildman–Crippen LogP) is 4.10. The summed E-state index contributed by atoms with van der Waals surface area (Å²) in [5, 5.41) is 3.29. The fourth-order valence-corrected chi connectivity index (χ4v) is 5.45. The molecule has 6 heteroatoms. The van der Waals surface area contributed by atoms with Gasteiger partial charge in [-0.15, -0.1) is 0 Å². The van der Waals surface area contributed by atoms with E-state index >= 15 is 0 Å². The van der Waals surface area contributed by atoms with E-state index in [-0.39, 0.29) is 23.7 Å². The summed E-state index contributed by atoms with van der Waals surface area (Å²) in [6.07, 6.45) is 9.78. The third kappa shape index (κ3) is 4.24. The standard InChI is InChI=1S/C24H33N3O3/c1-16-5-7-20-22(11-16)30-23(13-24(20,3)26-17(2)28)18-6-8-21(29-4)19(12-18)14-27-10-9-25-15-27/h6,8-10,12,15-16,20,22-23H,5,7,11,13-14H2,1-4H3,(H,26,28)/t16-,20-,22-,23-,24-/m1/s1. The minimum Gasteiger partial charge on any atom is -0.496 e. The summed E-state index contributed by atoms with van der Waals surface area (Å²) >= 11 is 0. The van der Waals surface area contributed by atoms with Gasteiger partial charge >= 0.3 is 0 Å². The highest BCUT2D eigenvalue weighted by molar-refractivity contribution is 5.73. The lowest BCUT2D eigenvalue weighted by Gasteiger charge is -2.52. The second kappa shape index (κ2) is 8.42. The van der Waals surface area contributed by atoms with E-state index in [9.17, 15) is 4.79 Å². The Hall–Kier alpha value is -2.34. The molecular formula is C24H33N3O3. The van der Waals surface area contributed by atoms with E-state index in [0.717, 1.165) is 36.1 Å². The Kier molecular flexibility index (Phi) is 5.87. The average molecular weight is 412 g/mol. The van der Waals surface area contributed by atoms with E-state index in [1.807, 2.05) is 23.2 Å². The molecule has 1 amide bonds. The predicted molar refractivity (Wildman–Crippen MR) is 115 cm³/mol. The smallest absolute Gasteiger partial charge is 0.217 e. The molecule has 2 aliphatic rings. The second-order valence-electron chi connectivity index (χ2n) is 9.30. The van der Waals surface area contributed by atoms with Crippen LogP contribution in [-0.2, 0) is 16.1 Å². The van der Waals surface area contributed by atoms with Gasteiger partial charge in [0.05, 0.1) is 32.2 Å². The molecule has 1 aliphatic carbocycles. The summed E-state index contributed by atoms with van der Waals surface area (Å²) in [6.45, 7) is 6.81. The molecule has 2 heterocycles. The van der Waals surface area contributed by atoms with E-state index in [4.69, 9.17) is 9.47 Å². The molecule has 2 fully saturated rings. The number of ether oxygens (including phenoxy) is 2. The summed E-state index contributed by atoms with van der Waals surface area (Å²) in [4.78, 5) is 16.2. The Morgan fingerprint density at radius 3 is 2.93 bits per heavy atom. The van der Waals surface area contributed by atoms with Crippen molar-refractivity contribution in [3.05, 3.63) is 48.0 Å². The van der Waals surface area contributed by atoms with Crippen molar-refractivity contribution in [1.29, 1.82) is 0 Å². The number of benzene rings is 1. The fourth-order valence-electron chi connectivity index (χ4n) is 5.45. The highest BCUT2D eigenvalue weighted by Crippen LogP contribution is 2.48. The molecule has 1 aromatic carbocycles. The topological polar surface area (TPSA) is 65.4 Å². The van der Waals surface area contributed by atoms with E-state index in [1.165, 1.54) is 6.42 Å². The number of hydrogen-bond acceptors (Lipinski definition) is 4. The van der Waals surface area contributed by atoms with Crippen LogP contribution < -0.4 is 10.1 Å². The van der Waals surface area contributed by atoms with Gasteiger partial charge in [-0.05, 0) is 43.4 Å². The Labute approximate surface area is 179 Å². The fraction of sp³-hybridized carbons (Fsp3) is 0.583. The van der Waals surface area contributed by atoms with Crippen molar-refractivity contribution in [2.24, 2.45) is 11.8 Å². The largest absolute Gasteiger partial charge is 0.496 e. The lowest BCUT2D eigenvalue weighted by Crippen LogP contribution is -2.60. The summed E-state index contributed by atoms with van der Waals surface area (Å²) in [7, 11) is 1.70. The molecule has 1 saturated carbocycles. The minimum absolute atomic E-state index is 0.0334. The van der Waals surface area contributed by atoms with E-state index in [1.54, 1.807) is 20.2 Å². The zero-order chi connectivity index (χ0) is 21.3. The van der Waals surface area contributed by atoms with Crippen molar-refractivity contribution < 1.29 is 14.3 Å². The Morgan fingerprint density at radius 1 is 1.40 bits per heavy atom. The molecular weight excluding hydrogens is 378 g/mol. The number of nitrogens with zero attached hydrogens (tertiary/aromatic N) is 2. The molecule has 1 N–H and O–H groups in total. The van der Waals surface area contributed by atoms with Crippen molar-refractivity contribution in [1.82, 2.24) is 14.9 Å². The Balaban J connectivity index is 1.64. The third-order valence-electron chi connectivity index (χ3n) is 6.87. The summed E-state index contributed by atoms with van der Waals surface area (Å²) < 4.78 is 14.3. The van der Waals surface area contributed by atoms with Crippen LogP contribution in [0.3, 0.4) is 0 Å². The van der Waals surface area contributed by atoms with Crippen LogP contribution in [-0.4, -0.2) is 34.2 Å². The SMILES string of the molecule is COc1ccc([C@H]2C[C@@](C)(NC(C)=O)[C@@H]3CC[C@@H](C)C[C@H]3O2)cc1Cn1ccnc1. The van der Waals surface area contributed by atoms with Crippen molar-refractivity contribution in [2.45, 2.75) is 70.7 Å². The normalized spacial score (nSPS) is 31.1. The van der Waals surface area contributed by atoms with E-state index < -0.39 is 0 Å². The first-order valence-corrected chi connectivity index (χ1v) is 10.9. The monoisotopic (exact) mass is 411 g/mol. The first-order chi connectivity index (χ1) is 14.4. The highest BCUT2D eigenvalue weighted by atomic mass is 16.5. The van der Waals surface area contributed by atoms with Crippen LogP contribution in [0.4, 0.5) is 0 Å². The first kappa shape index (κ1) is 20.9. The molecule has 0 spiro atoms. The van der Waals surface area contributed by atoms with Gasteiger partial charge in [0.15, 0.2) is 0 Å². The van der Waals surface area contributed by atoms with Gasteiger partial charge in [0.25, 0.3) is 0 Å². The van der Waals surface area contributed by atoms with Gasteiger partial charge in [-0.3, -0.25) is 4.79 Å². The van der Waals surface area contributed by atoms with Gasteiger partial charge in [0.2, 0.25) is 5.91 Å². The van der Waals surface area contributed by atoms with Crippen LogP contribution in [0.5, 0.6) is 5.75 Å².